The molecular formula is C13H18N2O5S. The molecule has 1 aromatic carbocycles. The smallest absolute Gasteiger partial charge is 0.293 e. The maximum absolute atomic E-state index is 12.6. The lowest BCUT2D eigenvalue weighted by Gasteiger charge is -2.29. The van der Waals surface area contributed by atoms with Gasteiger partial charge in [0.25, 0.3) is 5.69 Å². The third-order valence-electron chi connectivity index (χ3n) is 3.72. The minimum Gasteiger partial charge on any atom is -0.497 e. The topological polar surface area (TPSA) is 89.8 Å². The van der Waals surface area contributed by atoms with Crippen LogP contribution in [0.1, 0.15) is 19.8 Å². The average Bonchev–Trinajstić information content (AvgIpc) is 2.47. The summed E-state index contributed by atoms with van der Waals surface area (Å²) in [5.74, 6) is 0.732. The van der Waals surface area contributed by atoms with Crippen molar-refractivity contribution in [3.05, 3.63) is 28.3 Å². The van der Waals surface area contributed by atoms with E-state index in [1.165, 1.54) is 23.5 Å². The Labute approximate surface area is 123 Å². The molecule has 0 amide bonds. The van der Waals surface area contributed by atoms with Gasteiger partial charge in [0.15, 0.2) is 4.90 Å². The molecule has 0 bridgehead atoms. The third kappa shape index (κ3) is 3.16. The van der Waals surface area contributed by atoms with Crippen LogP contribution in [0.25, 0.3) is 0 Å². The van der Waals surface area contributed by atoms with Crippen molar-refractivity contribution in [1.82, 2.24) is 4.31 Å². The molecule has 0 aromatic heterocycles. The molecule has 116 valence electrons. The van der Waals surface area contributed by atoms with E-state index in [9.17, 15) is 18.5 Å². The Morgan fingerprint density at radius 3 is 2.48 bits per heavy atom. The first-order valence-corrected chi connectivity index (χ1v) is 8.13. The second-order valence-corrected chi connectivity index (χ2v) is 7.08. The normalized spacial score (nSPS) is 17.6. The molecule has 0 aliphatic carbocycles. The summed E-state index contributed by atoms with van der Waals surface area (Å²) in [6, 6.07) is 3.80. The van der Waals surface area contributed by atoms with E-state index in [4.69, 9.17) is 4.74 Å². The number of methoxy groups -OCH3 is 1. The summed E-state index contributed by atoms with van der Waals surface area (Å²) in [6.45, 7) is 2.86. The van der Waals surface area contributed by atoms with Crippen molar-refractivity contribution in [3.8, 4) is 5.75 Å². The van der Waals surface area contributed by atoms with E-state index >= 15 is 0 Å². The van der Waals surface area contributed by atoms with Crippen molar-refractivity contribution >= 4 is 15.7 Å². The Hall–Kier alpha value is -1.67. The maximum Gasteiger partial charge on any atom is 0.293 e. The van der Waals surface area contributed by atoms with Crippen molar-refractivity contribution in [3.63, 3.8) is 0 Å². The molecule has 0 spiro atoms. The number of sulfonamides is 1. The predicted molar refractivity (Wildman–Crippen MR) is 76.8 cm³/mol. The molecule has 1 fully saturated rings. The molecule has 0 N–H and O–H groups in total. The van der Waals surface area contributed by atoms with Crippen LogP contribution in [0.3, 0.4) is 0 Å². The van der Waals surface area contributed by atoms with Gasteiger partial charge in [-0.2, -0.15) is 4.31 Å². The second-order valence-electron chi connectivity index (χ2n) is 5.18. The molecule has 7 nitrogen and oxygen atoms in total. The van der Waals surface area contributed by atoms with Gasteiger partial charge in [-0.25, -0.2) is 8.42 Å². The monoisotopic (exact) mass is 314 g/mol. The van der Waals surface area contributed by atoms with Gasteiger partial charge >= 0.3 is 0 Å². The van der Waals surface area contributed by atoms with Crippen LogP contribution in [0.15, 0.2) is 23.1 Å². The summed E-state index contributed by atoms with van der Waals surface area (Å²) in [7, 11) is -2.48. The molecular weight excluding hydrogens is 296 g/mol. The Morgan fingerprint density at radius 1 is 1.33 bits per heavy atom. The number of ether oxygens (including phenoxy) is 1. The minimum absolute atomic E-state index is 0.257. The summed E-state index contributed by atoms with van der Waals surface area (Å²) in [5.41, 5.74) is -0.451. The van der Waals surface area contributed by atoms with E-state index in [0.29, 0.717) is 19.0 Å². The highest BCUT2D eigenvalue weighted by molar-refractivity contribution is 7.89. The number of nitrogens with zero attached hydrogens (tertiary/aromatic N) is 2. The highest BCUT2D eigenvalue weighted by Crippen LogP contribution is 2.32. The van der Waals surface area contributed by atoms with Crippen molar-refractivity contribution in [2.75, 3.05) is 20.2 Å². The number of hydrogen-bond acceptors (Lipinski definition) is 5. The fourth-order valence-corrected chi connectivity index (χ4v) is 3.96. The van der Waals surface area contributed by atoms with Crippen LogP contribution in [0.2, 0.25) is 0 Å². The number of hydrogen-bond donors (Lipinski definition) is 0. The first-order valence-electron chi connectivity index (χ1n) is 6.69. The average molecular weight is 314 g/mol. The lowest BCUT2D eigenvalue weighted by atomic mass is 10.0. The molecule has 0 atom stereocenters. The van der Waals surface area contributed by atoms with Gasteiger partial charge in [0, 0.05) is 13.1 Å². The molecule has 8 heteroatoms. The van der Waals surface area contributed by atoms with Crippen LogP contribution in [0.4, 0.5) is 5.69 Å². The van der Waals surface area contributed by atoms with Gasteiger partial charge in [0.05, 0.1) is 18.1 Å². The van der Waals surface area contributed by atoms with Gasteiger partial charge < -0.3 is 4.74 Å². The van der Waals surface area contributed by atoms with Crippen molar-refractivity contribution in [1.29, 1.82) is 0 Å². The molecule has 0 saturated carbocycles. The van der Waals surface area contributed by atoms with E-state index in [1.54, 1.807) is 0 Å². The van der Waals surface area contributed by atoms with E-state index in [0.717, 1.165) is 18.9 Å². The van der Waals surface area contributed by atoms with Crippen molar-refractivity contribution < 1.29 is 18.1 Å². The van der Waals surface area contributed by atoms with E-state index in [-0.39, 0.29) is 10.6 Å². The van der Waals surface area contributed by atoms with Gasteiger partial charge in [0.1, 0.15) is 5.75 Å². The van der Waals surface area contributed by atoms with E-state index in [2.05, 4.69) is 6.92 Å². The second kappa shape index (κ2) is 5.98. The van der Waals surface area contributed by atoms with Crippen LogP contribution < -0.4 is 4.74 Å². The Morgan fingerprint density at radius 2 is 1.95 bits per heavy atom. The number of nitro benzene ring substituents is 1. The molecule has 1 aliphatic rings. The van der Waals surface area contributed by atoms with E-state index in [1.807, 2.05) is 0 Å². The maximum atomic E-state index is 12.6. The molecule has 1 aromatic rings. The quantitative estimate of drug-likeness (QED) is 0.626. The van der Waals surface area contributed by atoms with Gasteiger partial charge in [0.2, 0.25) is 10.0 Å². The van der Waals surface area contributed by atoms with Crippen LogP contribution in [0.5, 0.6) is 5.75 Å². The summed E-state index contributed by atoms with van der Waals surface area (Å²) < 4.78 is 31.4. The number of rotatable bonds is 4. The molecule has 1 saturated heterocycles. The molecule has 0 unspecified atom stereocenters. The fourth-order valence-electron chi connectivity index (χ4n) is 2.35. The first kappa shape index (κ1) is 15.7. The number of nitro groups is 1. The zero-order valence-electron chi connectivity index (χ0n) is 12.0. The standard InChI is InChI=1S/C13H18N2O5S/c1-10-5-7-14(8-6-10)21(18,19)13-4-3-11(20-2)9-12(13)15(16)17/h3-4,9-10H,5-8H2,1-2H3. The Balaban J connectivity index is 2.42. The summed E-state index contributed by atoms with van der Waals surface area (Å²) >= 11 is 0. The largest absolute Gasteiger partial charge is 0.497 e. The van der Waals surface area contributed by atoms with Crippen LogP contribution in [0, 0.1) is 16.0 Å². The van der Waals surface area contributed by atoms with Gasteiger partial charge in [-0.15, -0.1) is 0 Å². The first-order chi connectivity index (χ1) is 9.86. The van der Waals surface area contributed by atoms with Gasteiger partial charge in [-0.3, -0.25) is 10.1 Å². The fraction of sp³-hybridized carbons (Fsp3) is 0.538. The molecule has 0 radical (unpaired) electrons. The molecule has 1 heterocycles. The minimum atomic E-state index is -3.85. The zero-order chi connectivity index (χ0) is 15.6. The van der Waals surface area contributed by atoms with Gasteiger partial charge in [-0.1, -0.05) is 6.92 Å². The number of benzene rings is 1. The lowest BCUT2D eigenvalue weighted by molar-refractivity contribution is -0.387. The highest BCUT2D eigenvalue weighted by Gasteiger charge is 2.33. The van der Waals surface area contributed by atoms with E-state index < -0.39 is 20.6 Å². The molecule has 1 aliphatic heterocycles. The summed E-state index contributed by atoms with van der Waals surface area (Å²) in [4.78, 5) is 10.2. The van der Waals surface area contributed by atoms with Crippen LogP contribution in [-0.2, 0) is 10.0 Å². The molecule has 21 heavy (non-hydrogen) atoms. The number of piperidine rings is 1. The Bertz CT molecular complexity index is 636. The van der Waals surface area contributed by atoms with Crippen molar-refractivity contribution in [2.45, 2.75) is 24.7 Å². The highest BCUT2D eigenvalue weighted by atomic mass is 32.2. The SMILES string of the molecule is COc1ccc(S(=O)(=O)N2CCC(C)CC2)c([N+](=O)[O-])c1. The Kier molecular flexibility index (Phi) is 4.48. The summed E-state index contributed by atoms with van der Waals surface area (Å²) in [5, 5.41) is 11.1. The predicted octanol–water partition coefficient (Wildman–Crippen LogP) is 2.02. The van der Waals surface area contributed by atoms with Crippen LogP contribution >= 0.6 is 0 Å². The molecule has 2 rings (SSSR count). The summed E-state index contributed by atoms with van der Waals surface area (Å²) in [6.07, 6.45) is 1.53. The third-order valence-corrected chi connectivity index (χ3v) is 5.67. The van der Waals surface area contributed by atoms with Crippen LogP contribution in [-0.4, -0.2) is 37.8 Å². The lowest BCUT2D eigenvalue weighted by Crippen LogP contribution is -2.38. The zero-order valence-corrected chi connectivity index (χ0v) is 12.8. The van der Waals surface area contributed by atoms with Gasteiger partial charge in [-0.05, 0) is 30.9 Å². The van der Waals surface area contributed by atoms with Crippen molar-refractivity contribution in [2.24, 2.45) is 5.92 Å².